The molecular formula is C11H12N4O6. The van der Waals surface area contributed by atoms with Gasteiger partial charge < -0.3 is 4.84 Å². The second kappa shape index (κ2) is 7.78. The normalized spacial score (nSPS) is 20.4. The minimum Gasteiger partial charge on any atom is -0.305 e. The van der Waals surface area contributed by atoms with Crippen molar-refractivity contribution in [2.45, 2.75) is 38.3 Å². The summed E-state index contributed by atoms with van der Waals surface area (Å²) in [6.07, 6.45) is 3.21. The number of amides is 1. The molecule has 0 saturated carbocycles. The molecule has 0 bridgehead atoms. The average molecular weight is 296 g/mol. The molecule has 3 unspecified atom stereocenters. The van der Waals surface area contributed by atoms with Gasteiger partial charge in [0.05, 0.1) is 12.1 Å². The third-order valence-electron chi connectivity index (χ3n) is 2.84. The number of aliphatic imine (C=N–C) groups is 2. The summed E-state index contributed by atoms with van der Waals surface area (Å²) in [4.78, 5) is 54.4. The van der Waals surface area contributed by atoms with E-state index in [1.807, 2.05) is 0 Å². The highest BCUT2D eigenvalue weighted by molar-refractivity contribution is 5.98. The fraction of sp³-hybridized carbons (Fsp3) is 0.636. The first-order valence-corrected chi connectivity index (χ1v) is 6.06. The minimum absolute atomic E-state index is 0.00236. The van der Waals surface area contributed by atoms with Gasteiger partial charge in [0.15, 0.2) is 5.02 Å². The molecule has 1 amide bonds. The lowest BCUT2D eigenvalue weighted by Crippen LogP contribution is -2.33. The molecule has 3 atom stereocenters. The number of carbonyl (C=O) groups is 2. The number of isocyanates is 2. The molecule has 0 aliphatic carbocycles. The number of hydrogen-bond acceptors (Lipinski definition) is 8. The largest absolute Gasteiger partial charge is 0.326 e. The summed E-state index contributed by atoms with van der Waals surface area (Å²) in [5.41, 5.74) is 0. The van der Waals surface area contributed by atoms with Crippen LogP contribution in [0.1, 0.15) is 26.2 Å². The van der Waals surface area contributed by atoms with Crippen LogP contribution in [-0.2, 0) is 24.0 Å². The monoisotopic (exact) mass is 296 g/mol. The number of carbonyl (C=O) groups excluding carboxylic acids is 4. The van der Waals surface area contributed by atoms with Crippen molar-refractivity contribution >= 4 is 24.0 Å². The highest BCUT2D eigenvalue weighted by Gasteiger charge is 2.35. The molecule has 0 saturated heterocycles. The van der Waals surface area contributed by atoms with Crippen molar-refractivity contribution in [2.24, 2.45) is 21.0 Å². The second-order valence-corrected chi connectivity index (χ2v) is 4.40. The molecule has 0 N–H and O–H groups in total. The standard InChI is InChI=1S/C11H12N4O6/c1-7(12-5-16)4-8(13-6-17)2-3-9-10(18)14-15(20)21-11(9)19/h7-9H,2-4H2,1H3. The van der Waals surface area contributed by atoms with E-state index in [1.54, 1.807) is 6.92 Å². The highest BCUT2D eigenvalue weighted by atomic mass is 16.9. The third-order valence-corrected chi connectivity index (χ3v) is 2.84. The van der Waals surface area contributed by atoms with Crippen LogP contribution < -0.4 is 0 Å². The van der Waals surface area contributed by atoms with Crippen molar-refractivity contribution in [3.63, 3.8) is 0 Å². The topological polar surface area (TPSA) is 141 Å². The van der Waals surface area contributed by atoms with E-state index in [1.165, 1.54) is 12.2 Å². The fourth-order valence-electron chi connectivity index (χ4n) is 1.86. The fourth-order valence-corrected chi connectivity index (χ4v) is 1.86. The van der Waals surface area contributed by atoms with E-state index in [-0.39, 0.29) is 19.3 Å². The van der Waals surface area contributed by atoms with Crippen LogP contribution in [0, 0.1) is 11.1 Å². The van der Waals surface area contributed by atoms with Crippen molar-refractivity contribution in [2.75, 3.05) is 0 Å². The molecule has 10 nitrogen and oxygen atoms in total. The average Bonchev–Trinajstić information content (AvgIpc) is 2.37. The summed E-state index contributed by atoms with van der Waals surface area (Å²) in [5.74, 6) is -3.11. The van der Waals surface area contributed by atoms with Crippen molar-refractivity contribution in [3.8, 4) is 0 Å². The van der Waals surface area contributed by atoms with Crippen LogP contribution in [0.4, 0.5) is 0 Å². The van der Waals surface area contributed by atoms with Crippen LogP contribution in [0.5, 0.6) is 0 Å². The maximum Gasteiger partial charge on any atom is 0.326 e. The Hall–Kier alpha value is -2.70. The van der Waals surface area contributed by atoms with Gasteiger partial charge in [-0.2, -0.15) is 0 Å². The van der Waals surface area contributed by atoms with Gasteiger partial charge in [0.2, 0.25) is 12.2 Å². The Morgan fingerprint density at radius 2 is 2.05 bits per heavy atom. The third kappa shape index (κ3) is 5.06. The van der Waals surface area contributed by atoms with Gasteiger partial charge in [-0.1, -0.05) is 0 Å². The zero-order valence-corrected chi connectivity index (χ0v) is 11.1. The predicted octanol–water partition coefficient (Wildman–Crippen LogP) is 0.162. The summed E-state index contributed by atoms with van der Waals surface area (Å²) in [6.45, 7) is 1.63. The van der Waals surface area contributed by atoms with E-state index in [0.717, 1.165) is 0 Å². The van der Waals surface area contributed by atoms with E-state index in [2.05, 4.69) is 19.9 Å². The molecule has 10 heteroatoms. The molecule has 0 spiro atoms. The van der Waals surface area contributed by atoms with E-state index >= 15 is 0 Å². The SMILES string of the molecule is CC(CC(CCC1C(=O)N=[N+]([O-])OC1=O)N=C=O)N=C=O. The predicted molar refractivity (Wildman–Crippen MR) is 64.0 cm³/mol. The molecule has 1 aliphatic rings. The van der Waals surface area contributed by atoms with Gasteiger partial charge in [0, 0.05) is 0 Å². The molecule has 0 aromatic carbocycles. The lowest BCUT2D eigenvalue weighted by atomic mass is 9.96. The molecule has 0 fully saturated rings. The minimum atomic E-state index is -1.20. The molecule has 0 aromatic rings. The Kier molecular flexibility index (Phi) is 6.06. The van der Waals surface area contributed by atoms with E-state index in [4.69, 9.17) is 0 Å². The van der Waals surface area contributed by atoms with E-state index in [0.29, 0.717) is 0 Å². The molecule has 112 valence electrons. The molecule has 21 heavy (non-hydrogen) atoms. The number of nitrogens with zero attached hydrogens (tertiary/aromatic N) is 4. The van der Waals surface area contributed by atoms with E-state index < -0.39 is 34.9 Å². The Morgan fingerprint density at radius 1 is 1.38 bits per heavy atom. The highest BCUT2D eigenvalue weighted by Crippen LogP contribution is 2.20. The van der Waals surface area contributed by atoms with Crippen LogP contribution in [0.2, 0.25) is 0 Å². The van der Waals surface area contributed by atoms with Crippen LogP contribution in [0.25, 0.3) is 0 Å². The smallest absolute Gasteiger partial charge is 0.305 e. The van der Waals surface area contributed by atoms with Crippen molar-refractivity contribution in [1.29, 1.82) is 0 Å². The molecule has 1 rings (SSSR count). The summed E-state index contributed by atoms with van der Waals surface area (Å²) >= 11 is 0. The zero-order chi connectivity index (χ0) is 15.8. The van der Waals surface area contributed by atoms with Crippen molar-refractivity contribution in [1.82, 2.24) is 0 Å². The summed E-state index contributed by atoms with van der Waals surface area (Å²) < 4.78 is 0. The maximum absolute atomic E-state index is 11.4. The molecule has 1 aliphatic heterocycles. The quantitative estimate of drug-likeness (QED) is 0.283. The van der Waals surface area contributed by atoms with Crippen LogP contribution in [0.15, 0.2) is 15.1 Å². The van der Waals surface area contributed by atoms with Gasteiger partial charge in [0.1, 0.15) is 11.0 Å². The summed E-state index contributed by atoms with van der Waals surface area (Å²) in [7, 11) is 0. The maximum atomic E-state index is 11.4. The summed E-state index contributed by atoms with van der Waals surface area (Å²) in [6, 6.07) is -0.985. The number of rotatable bonds is 7. The van der Waals surface area contributed by atoms with Crippen molar-refractivity contribution < 1.29 is 29.0 Å². The first-order valence-electron chi connectivity index (χ1n) is 6.06. The van der Waals surface area contributed by atoms with Crippen LogP contribution in [-0.4, -0.2) is 41.1 Å². The first-order chi connectivity index (χ1) is 9.97. The molecule has 0 aromatic heterocycles. The lowest BCUT2D eigenvalue weighted by molar-refractivity contribution is -0.764. The van der Waals surface area contributed by atoms with Gasteiger partial charge in [-0.15, -0.1) is 0 Å². The number of hydrogen-bond donors (Lipinski definition) is 0. The molecular weight excluding hydrogens is 284 g/mol. The van der Waals surface area contributed by atoms with Gasteiger partial charge in [0.25, 0.3) is 5.97 Å². The van der Waals surface area contributed by atoms with Gasteiger partial charge in [-0.05, 0) is 26.2 Å². The molecule has 0 radical (unpaired) electrons. The summed E-state index contributed by atoms with van der Waals surface area (Å²) in [5, 5.41) is 13.2. The Morgan fingerprint density at radius 3 is 2.62 bits per heavy atom. The zero-order valence-electron chi connectivity index (χ0n) is 11.1. The Balaban J connectivity index is 2.65. The van der Waals surface area contributed by atoms with Crippen LogP contribution in [0.3, 0.4) is 0 Å². The van der Waals surface area contributed by atoms with E-state index in [9.17, 15) is 24.4 Å². The van der Waals surface area contributed by atoms with Gasteiger partial charge in [-0.25, -0.2) is 24.8 Å². The van der Waals surface area contributed by atoms with Gasteiger partial charge >= 0.3 is 5.91 Å². The second-order valence-electron chi connectivity index (χ2n) is 4.40. The van der Waals surface area contributed by atoms with Crippen LogP contribution >= 0.6 is 0 Å². The first kappa shape index (κ1) is 16.4. The van der Waals surface area contributed by atoms with Crippen molar-refractivity contribution in [3.05, 3.63) is 5.21 Å². The Labute approximate surface area is 118 Å². The van der Waals surface area contributed by atoms with Gasteiger partial charge in [-0.3, -0.25) is 9.59 Å². The molecule has 1 heterocycles. The Bertz CT molecular complexity index is 547. The lowest BCUT2D eigenvalue weighted by Gasteiger charge is -2.17.